The van der Waals surface area contributed by atoms with Crippen molar-refractivity contribution in [1.29, 1.82) is 0 Å². The summed E-state index contributed by atoms with van der Waals surface area (Å²) in [5, 5.41) is 9.24. The van der Waals surface area contributed by atoms with Crippen molar-refractivity contribution in [1.82, 2.24) is 0 Å². The van der Waals surface area contributed by atoms with Gasteiger partial charge in [-0.3, -0.25) is 0 Å². The third kappa shape index (κ3) is 3.26. The predicted octanol–water partition coefficient (Wildman–Crippen LogP) is 1.64. The number of hydrogen-bond donors (Lipinski definition) is 2. The molecule has 0 heterocycles. The first kappa shape index (κ1) is 16.4. The van der Waals surface area contributed by atoms with Crippen molar-refractivity contribution in [2.45, 2.75) is 18.3 Å². The van der Waals surface area contributed by atoms with E-state index in [1.165, 1.54) is 33.5 Å². The van der Waals surface area contributed by atoms with Gasteiger partial charge in [0.05, 0.1) is 27.4 Å². The van der Waals surface area contributed by atoms with E-state index < -0.39 is 18.3 Å². The molecule has 0 spiro atoms. The zero-order valence-corrected chi connectivity index (χ0v) is 11.2. The summed E-state index contributed by atoms with van der Waals surface area (Å²) in [5.41, 5.74) is 5.44. The second-order valence-corrected chi connectivity index (χ2v) is 3.96. The van der Waals surface area contributed by atoms with Crippen molar-refractivity contribution in [2.24, 2.45) is 5.73 Å². The summed E-state index contributed by atoms with van der Waals surface area (Å²) in [4.78, 5) is 0. The van der Waals surface area contributed by atoms with Crippen LogP contribution in [-0.4, -0.2) is 38.7 Å². The lowest BCUT2D eigenvalue weighted by molar-refractivity contribution is -0.210. The standard InChI is InChI=1S/C12H16F3NO4/c1-18-7-5-9(20-3)8(19-2)4-6(7)10(16)11(17)12(13,14)15/h4-5,10-11,17H,16H2,1-3H3/t10-,11-/m1/s1. The first-order valence-electron chi connectivity index (χ1n) is 5.56. The molecule has 1 rings (SSSR count). The molecular weight excluding hydrogens is 279 g/mol. The zero-order valence-electron chi connectivity index (χ0n) is 11.2. The number of methoxy groups -OCH3 is 3. The maximum atomic E-state index is 12.5. The van der Waals surface area contributed by atoms with Gasteiger partial charge in [0.2, 0.25) is 0 Å². The molecule has 0 fully saturated rings. The highest BCUT2D eigenvalue weighted by molar-refractivity contribution is 5.52. The molecule has 0 aliphatic heterocycles. The fourth-order valence-corrected chi connectivity index (χ4v) is 1.69. The minimum absolute atomic E-state index is 0.0324. The van der Waals surface area contributed by atoms with E-state index in [1.54, 1.807) is 0 Å². The topological polar surface area (TPSA) is 73.9 Å². The number of alkyl halides is 3. The highest BCUT2D eigenvalue weighted by Gasteiger charge is 2.43. The van der Waals surface area contributed by atoms with Crippen molar-refractivity contribution in [2.75, 3.05) is 21.3 Å². The molecule has 0 amide bonds. The first-order chi connectivity index (χ1) is 9.26. The lowest BCUT2D eigenvalue weighted by Crippen LogP contribution is -2.39. The van der Waals surface area contributed by atoms with Crippen LogP contribution in [0.25, 0.3) is 0 Å². The first-order valence-corrected chi connectivity index (χ1v) is 5.56. The molecule has 2 atom stereocenters. The number of benzene rings is 1. The van der Waals surface area contributed by atoms with Crippen molar-refractivity contribution in [3.63, 3.8) is 0 Å². The van der Waals surface area contributed by atoms with E-state index in [0.29, 0.717) is 0 Å². The highest BCUT2D eigenvalue weighted by atomic mass is 19.4. The monoisotopic (exact) mass is 295 g/mol. The van der Waals surface area contributed by atoms with Gasteiger partial charge in [0.1, 0.15) is 5.75 Å². The van der Waals surface area contributed by atoms with Crippen LogP contribution in [0.2, 0.25) is 0 Å². The van der Waals surface area contributed by atoms with Crippen LogP contribution in [0, 0.1) is 0 Å². The summed E-state index contributed by atoms with van der Waals surface area (Å²) in [5.74, 6) is 0.536. The van der Waals surface area contributed by atoms with Crippen molar-refractivity contribution in [3.8, 4) is 17.2 Å². The summed E-state index contributed by atoms with van der Waals surface area (Å²) in [6.07, 6.45) is -7.55. The Balaban J connectivity index is 3.29. The molecule has 1 aromatic carbocycles. The summed E-state index contributed by atoms with van der Waals surface area (Å²) in [6, 6.07) is 0.888. The summed E-state index contributed by atoms with van der Waals surface area (Å²) < 4.78 is 52.5. The van der Waals surface area contributed by atoms with Gasteiger partial charge in [-0.15, -0.1) is 0 Å². The number of aliphatic hydroxyl groups excluding tert-OH is 1. The van der Waals surface area contributed by atoms with Crippen LogP contribution in [-0.2, 0) is 0 Å². The van der Waals surface area contributed by atoms with E-state index in [4.69, 9.17) is 19.9 Å². The van der Waals surface area contributed by atoms with Crippen LogP contribution in [0.3, 0.4) is 0 Å². The SMILES string of the molecule is COc1cc(OC)c([C@@H](N)[C@@H](O)C(F)(F)F)cc1OC. The maximum Gasteiger partial charge on any atom is 0.416 e. The van der Waals surface area contributed by atoms with Crippen molar-refractivity contribution < 1.29 is 32.5 Å². The fourth-order valence-electron chi connectivity index (χ4n) is 1.69. The third-order valence-corrected chi connectivity index (χ3v) is 2.77. The largest absolute Gasteiger partial charge is 0.496 e. The molecule has 0 saturated carbocycles. The molecule has 0 bridgehead atoms. The van der Waals surface area contributed by atoms with Gasteiger partial charge in [-0.2, -0.15) is 13.2 Å². The Morgan fingerprint density at radius 3 is 1.85 bits per heavy atom. The summed E-state index contributed by atoms with van der Waals surface area (Å²) in [7, 11) is 3.98. The van der Waals surface area contributed by atoms with Gasteiger partial charge >= 0.3 is 6.18 Å². The third-order valence-electron chi connectivity index (χ3n) is 2.77. The number of hydrogen-bond acceptors (Lipinski definition) is 5. The van der Waals surface area contributed by atoms with Gasteiger partial charge in [0.25, 0.3) is 0 Å². The quantitative estimate of drug-likeness (QED) is 0.864. The number of aliphatic hydroxyl groups is 1. The number of ether oxygens (including phenoxy) is 3. The summed E-state index contributed by atoms with van der Waals surface area (Å²) in [6.45, 7) is 0. The van der Waals surface area contributed by atoms with Crippen LogP contribution < -0.4 is 19.9 Å². The molecule has 0 saturated heterocycles. The molecule has 3 N–H and O–H groups in total. The lowest BCUT2D eigenvalue weighted by Gasteiger charge is -2.24. The van der Waals surface area contributed by atoms with Gasteiger partial charge < -0.3 is 25.1 Å². The molecule has 5 nitrogen and oxygen atoms in total. The maximum absolute atomic E-state index is 12.5. The predicted molar refractivity (Wildman–Crippen MR) is 65.1 cm³/mol. The summed E-state index contributed by atoms with van der Waals surface area (Å²) >= 11 is 0. The Bertz CT molecular complexity index is 465. The van der Waals surface area contributed by atoms with Crippen LogP contribution in [0.1, 0.15) is 11.6 Å². The van der Waals surface area contributed by atoms with Crippen LogP contribution in [0.4, 0.5) is 13.2 Å². The smallest absolute Gasteiger partial charge is 0.416 e. The molecule has 0 radical (unpaired) electrons. The Morgan fingerprint density at radius 1 is 1.00 bits per heavy atom. The Morgan fingerprint density at radius 2 is 1.45 bits per heavy atom. The zero-order chi connectivity index (χ0) is 15.5. The van der Waals surface area contributed by atoms with E-state index in [1.807, 2.05) is 0 Å². The van der Waals surface area contributed by atoms with E-state index in [2.05, 4.69) is 0 Å². The van der Waals surface area contributed by atoms with Gasteiger partial charge in [0, 0.05) is 11.6 Å². The Labute approximate surface area is 114 Å². The Kier molecular flexibility index (Phi) is 5.07. The van der Waals surface area contributed by atoms with Crippen LogP contribution in [0.5, 0.6) is 17.2 Å². The molecular formula is C12H16F3NO4. The second-order valence-electron chi connectivity index (χ2n) is 3.96. The average Bonchev–Trinajstić information content (AvgIpc) is 2.42. The molecule has 1 aromatic rings. The highest BCUT2D eigenvalue weighted by Crippen LogP contribution is 2.39. The minimum atomic E-state index is -4.84. The van der Waals surface area contributed by atoms with Gasteiger partial charge in [-0.05, 0) is 6.07 Å². The van der Waals surface area contributed by atoms with E-state index in [0.717, 1.165) is 0 Å². The normalized spacial score (nSPS) is 14.6. The van der Waals surface area contributed by atoms with E-state index >= 15 is 0 Å². The molecule has 0 aromatic heterocycles. The van der Waals surface area contributed by atoms with Crippen LogP contribution in [0.15, 0.2) is 12.1 Å². The number of rotatable bonds is 5. The number of nitrogens with two attached hydrogens (primary N) is 1. The molecule has 0 aliphatic rings. The van der Waals surface area contributed by atoms with Gasteiger partial charge in [0.15, 0.2) is 17.6 Å². The molecule has 0 aliphatic carbocycles. The number of halogens is 3. The molecule has 0 unspecified atom stereocenters. The average molecular weight is 295 g/mol. The second kappa shape index (κ2) is 6.19. The van der Waals surface area contributed by atoms with Gasteiger partial charge in [-0.1, -0.05) is 0 Å². The fraction of sp³-hybridized carbons (Fsp3) is 0.500. The van der Waals surface area contributed by atoms with Crippen LogP contribution >= 0.6 is 0 Å². The van der Waals surface area contributed by atoms with E-state index in [9.17, 15) is 18.3 Å². The van der Waals surface area contributed by atoms with Gasteiger partial charge in [-0.25, -0.2) is 0 Å². The molecule has 20 heavy (non-hydrogen) atoms. The van der Waals surface area contributed by atoms with Crippen molar-refractivity contribution >= 4 is 0 Å². The van der Waals surface area contributed by atoms with E-state index in [-0.39, 0.29) is 22.8 Å². The van der Waals surface area contributed by atoms with Crippen molar-refractivity contribution in [3.05, 3.63) is 17.7 Å². The Hall–Kier alpha value is -1.67. The molecule has 8 heteroatoms. The minimum Gasteiger partial charge on any atom is -0.496 e. The molecule has 114 valence electrons. The lowest BCUT2D eigenvalue weighted by atomic mass is 10.00.